The smallest absolute Gasteiger partial charge is 0.471 e. The SMILES string of the molecule is COCOc1ccc(C#N)cc1[B-](F)(F)F. The Morgan fingerprint density at radius 2 is 2.06 bits per heavy atom. The normalized spacial score (nSPS) is 10.9. The summed E-state index contributed by atoms with van der Waals surface area (Å²) in [5.41, 5.74) is -0.977. The Morgan fingerprint density at radius 1 is 1.38 bits per heavy atom. The number of benzene rings is 1. The summed E-state index contributed by atoms with van der Waals surface area (Å²) in [6, 6.07) is 4.79. The fourth-order valence-electron chi connectivity index (χ4n) is 1.13. The molecule has 0 aliphatic rings. The average Bonchev–Trinajstić information content (AvgIpc) is 2.25. The van der Waals surface area contributed by atoms with E-state index >= 15 is 0 Å². The van der Waals surface area contributed by atoms with Crippen LogP contribution in [0.1, 0.15) is 5.56 Å². The second-order valence-corrected chi connectivity index (χ2v) is 2.99. The molecule has 0 atom stereocenters. The number of nitriles is 1. The molecular weight excluding hydrogens is 222 g/mol. The van der Waals surface area contributed by atoms with Crippen LogP contribution in [-0.2, 0) is 4.74 Å². The second-order valence-electron chi connectivity index (χ2n) is 2.99. The summed E-state index contributed by atoms with van der Waals surface area (Å²) >= 11 is 0. The van der Waals surface area contributed by atoms with E-state index in [1.807, 2.05) is 0 Å². The van der Waals surface area contributed by atoms with Crippen LogP contribution in [0.25, 0.3) is 0 Å². The van der Waals surface area contributed by atoms with Gasteiger partial charge in [0.05, 0.1) is 11.8 Å². The van der Waals surface area contributed by atoms with Crippen molar-refractivity contribution in [2.45, 2.75) is 0 Å². The Labute approximate surface area is 90.4 Å². The highest BCUT2D eigenvalue weighted by molar-refractivity contribution is 6.74. The first kappa shape index (κ1) is 12.4. The van der Waals surface area contributed by atoms with Crippen molar-refractivity contribution in [2.75, 3.05) is 13.9 Å². The van der Waals surface area contributed by atoms with Gasteiger partial charge in [0.25, 0.3) is 0 Å². The predicted molar refractivity (Wildman–Crippen MR) is 52.4 cm³/mol. The van der Waals surface area contributed by atoms with Gasteiger partial charge in [0.1, 0.15) is 0 Å². The van der Waals surface area contributed by atoms with Gasteiger partial charge in [-0.2, -0.15) is 5.26 Å². The van der Waals surface area contributed by atoms with Crippen LogP contribution in [0, 0.1) is 11.3 Å². The summed E-state index contributed by atoms with van der Waals surface area (Å²) in [6.07, 6.45) is 0. The van der Waals surface area contributed by atoms with Crippen molar-refractivity contribution in [3.63, 3.8) is 0 Å². The zero-order valence-electron chi connectivity index (χ0n) is 8.41. The number of hydrogen-bond acceptors (Lipinski definition) is 3. The van der Waals surface area contributed by atoms with Gasteiger partial charge >= 0.3 is 6.98 Å². The van der Waals surface area contributed by atoms with Crippen molar-refractivity contribution in [1.82, 2.24) is 0 Å². The maximum atomic E-state index is 12.6. The molecule has 86 valence electrons. The fraction of sp³-hybridized carbons (Fsp3) is 0.222. The number of halogens is 3. The molecule has 0 radical (unpaired) electrons. The molecule has 0 spiro atoms. The van der Waals surface area contributed by atoms with Crippen molar-refractivity contribution in [3.05, 3.63) is 23.8 Å². The second kappa shape index (κ2) is 4.90. The quantitative estimate of drug-likeness (QED) is 0.582. The molecule has 0 fully saturated rings. The van der Waals surface area contributed by atoms with Gasteiger partial charge in [-0.25, -0.2) is 0 Å². The summed E-state index contributed by atoms with van der Waals surface area (Å²) in [7, 11) is 1.31. The van der Waals surface area contributed by atoms with Gasteiger partial charge in [0.15, 0.2) is 6.79 Å². The molecule has 0 saturated heterocycles. The lowest BCUT2D eigenvalue weighted by atomic mass is 9.78. The van der Waals surface area contributed by atoms with Gasteiger partial charge in [-0.15, -0.1) is 0 Å². The van der Waals surface area contributed by atoms with Gasteiger partial charge in [-0.1, -0.05) is 11.5 Å². The van der Waals surface area contributed by atoms with Gasteiger partial charge in [-0.05, 0) is 12.1 Å². The lowest BCUT2D eigenvalue weighted by Gasteiger charge is -2.19. The summed E-state index contributed by atoms with van der Waals surface area (Å²) < 4.78 is 47.2. The summed E-state index contributed by atoms with van der Waals surface area (Å²) in [5.74, 6) is -0.326. The number of methoxy groups -OCH3 is 1. The molecule has 16 heavy (non-hydrogen) atoms. The third kappa shape index (κ3) is 2.91. The van der Waals surface area contributed by atoms with E-state index in [-0.39, 0.29) is 18.1 Å². The molecule has 1 rings (SSSR count). The van der Waals surface area contributed by atoms with E-state index in [1.165, 1.54) is 13.2 Å². The van der Waals surface area contributed by atoms with Gasteiger partial charge in [0, 0.05) is 12.7 Å². The molecule has 7 heteroatoms. The van der Waals surface area contributed by atoms with Crippen LogP contribution in [0.3, 0.4) is 0 Å². The molecule has 0 N–H and O–H groups in total. The largest absolute Gasteiger partial charge is 0.513 e. The first-order valence-electron chi connectivity index (χ1n) is 4.34. The number of nitrogens with zero attached hydrogens (tertiary/aromatic N) is 1. The minimum atomic E-state index is -5.21. The molecule has 0 aromatic heterocycles. The van der Waals surface area contributed by atoms with Crippen LogP contribution < -0.4 is 10.2 Å². The number of rotatable bonds is 4. The van der Waals surface area contributed by atoms with Crippen LogP contribution >= 0.6 is 0 Å². The molecular formula is C9H8BF3NO2-. The van der Waals surface area contributed by atoms with Gasteiger partial charge < -0.3 is 22.4 Å². The lowest BCUT2D eigenvalue weighted by Crippen LogP contribution is -2.35. The maximum Gasteiger partial charge on any atom is 0.513 e. The molecule has 0 heterocycles. The Balaban J connectivity index is 3.13. The third-order valence-electron chi connectivity index (χ3n) is 1.82. The maximum absolute atomic E-state index is 12.6. The van der Waals surface area contributed by atoms with Crippen molar-refractivity contribution in [3.8, 4) is 11.8 Å². The Hall–Kier alpha value is -1.68. The van der Waals surface area contributed by atoms with Crippen LogP contribution in [0.4, 0.5) is 12.9 Å². The van der Waals surface area contributed by atoms with Gasteiger partial charge in [0.2, 0.25) is 0 Å². The highest BCUT2D eigenvalue weighted by Gasteiger charge is 2.29. The van der Waals surface area contributed by atoms with Crippen LogP contribution in [0.2, 0.25) is 0 Å². The minimum absolute atomic E-state index is 0.0565. The lowest BCUT2D eigenvalue weighted by molar-refractivity contribution is 0.0517. The van der Waals surface area contributed by atoms with E-state index in [0.717, 1.165) is 12.1 Å². The molecule has 3 nitrogen and oxygen atoms in total. The van der Waals surface area contributed by atoms with E-state index < -0.39 is 12.4 Å². The minimum Gasteiger partial charge on any atom is -0.471 e. The topological polar surface area (TPSA) is 42.2 Å². The zero-order chi connectivity index (χ0) is 12.2. The molecule has 0 bridgehead atoms. The highest BCUT2D eigenvalue weighted by atomic mass is 19.4. The summed E-state index contributed by atoms with van der Waals surface area (Å²) in [6.45, 7) is -5.48. The number of ether oxygens (including phenoxy) is 2. The number of hydrogen-bond donors (Lipinski definition) is 0. The first-order valence-corrected chi connectivity index (χ1v) is 4.34. The standard InChI is InChI=1S/C9H8BF3NO2/c1-15-6-16-9-3-2-7(5-14)4-8(9)10(11,12)13/h2-4H,6H2,1H3/q-1. The van der Waals surface area contributed by atoms with E-state index in [9.17, 15) is 12.9 Å². The molecule has 0 amide bonds. The van der Waals surface area contributed by atoms with Crippen molar-refractivity contribution < 1.29 is 22.4 Å². The van der Waals surface area contributed by atoms with E-state index in [1.54, 1.807) is 6.07 Å². The van der Waals surface area contributed by atoms with E-state index in [4.69, 9.17) is 10.00 Å². The van der Waals surface area contributed by atoms with Gasteiger partial charge in [-0.3, -0.25) is 0 Å². The molecule has 1 aromatic carbocycles. The van der Waals surface area contributed by atoms with Crippen LogP contribution in [-0.4, -0.2) is 20.9 Å². The monoisotopic (exact) mass is 230 g/mol. The van der Waals surface area contributed by atoms with E-state index in [0.29, 0.717) is 0 Å². The average molecular weight is 230 g/mol. The van der Waals surface area contributed by atoms with Crippen molar-refractivity contribution in [2.24, 2.45) is 0 Å². The molecule has 1 aromatic rings. The third-order valence-corrected chi connectivity index (χ3v) is 1.82. The first-order chi connectivity index (χ1) is 7.49. The van der Waals surface area contributed by atoms with Crippen LogP contribution in [0.5, 0.6) is 5.75 Å². The summed E-state index contributed by atoms with van der Waals surface area (Å²) in [4.78, 5) is 0. The fourth-order valence-corrected chi connectivity index (χ4v) is 1.13. The predicted octanol–water partition coefficient (Wildman–Crippen LogP) is 1.60. The Bertz CT molecular complexity index is 414. The molecule has 0 unspecified atom stereocenters. The highest BCUT2D eigenvalue weighted by Crippen LogP contribution is 2.19. The van der Waals surface area contributed by atoms with Crippen LogP contribution in [0.15, 0.2) is 18.2 Å². The van der Waals surface area contributed by atoms with Crippen molar-refractivity contribution >= 4 is 12.4 Å². The Kier molecular flexibility index (Phi) is 3.80. The zero-order valence-corrected chi connectivity index (χ0v) is 8.41. The summed E-state index contributed by atoms with van der Waals surface area (Å²) in [5, 5.41) is 8.52. The van der Waals surface area contributed by atoms with Crippen molar-refractivity contribution in [1.29, 1.82) is 5.26 Å². The Morgan fingerprint density at radius 3 is 2.56 bits per heavy atom. The molecule has 0 aliphatic carbocycles. The molecule has 0 saturated carbocycles. The molecule has 0 aliphatic heterocycles. The van der Waals surface area contributed by atoms with E-state index in [2.05, 4.69) is 4.74 Å².